The molecule has 1 aliphatic carbocycles. The van der Waals surface area contributed by atoms with Crippen LogP contribution < -0.4 is 5.73 Å². The number of aromatic nitrogens is 1. The van der Waals surface area contributed by atoms with Crippen molar-refractivity contribution in [1.82, 2.24) is 4.57 Å². The van der Waals surface area contributed by atoms with Crippen LogP contribution in [-0.2, 0) is 6.42 Å². The third kappa shape index (κ3) is 3.10. The monoisotopic (exact) mass is 328 g/mol. The van der Waals surface area contributed by atoms with Gasteiger partial charge < -0.3 is 10.3 Å². The van der Waals surface area contributed by atoms with Crippen molar-refractivity contribution in [3.05, 3.63) is 47.0 Å². The van der Waals surface area contributed by atoms with Crippen LogP contribution in [0.25, 0.3) is 11.1 Å². The molecule has 0 atom stereocenters. The summed E-state index contributed by atoms with van der Waals surface area (Å²) in [5.74, 6) is -0.673. The Morgan fingerprint density at radius 2 is 1.92 bits per heavy atom. The lowest BCUT2D eigenvalue weighted by molar-refractivity contribution is 0.1000. The molecule has 1 aromatic carbocycles. The maximum Gasteiger partial charge on any atom is 0.251 e. The molecule has 24 heavy (non-hydrogen) atoms. The number of nitrogens with two attached hydrogens (primary N) is 1. The second-order valence-electron chi connectivity index (χ2n) is 6.71. The van der Waals surface area contributed by atoms with Crippen LogP contribution in [0.3, 0.4) is 0 Å². The van der Waals surface area contributed by atoms with Crippen LogP contribution in [0.4, 0.5) is 4.39 Å². The number of hydrogen-bond acceptors (Lipinski definition) is 1. The van der Waals surface area contributed by atoms with Crippen molar-refractivity contribution in [2.24, 2.45) is 5.73 Å². The molecule has 1 heterocycles. The molecule has 0 saturated heterocycles. The van der Waals surface area contributed by atoms with Crippen LogP contribution in [0.15, 0.2) is 24.3 Å². The Balaban J connectivity index is 2.17. The van der Waals surface area contributed by atoms with Crippen LogP contribution in [-0.4, -0.2) is 10.5 Å². The molecule has 1 saturated carbocycles. The van der Waals surface area contributed by atoms with E-state index in [1.54, 1.807) is 12.1 Å². The lowest BCUT2D eigenvalue weighted by Gasteiger charge is -2.12. The van der Waals surface area contributed by atoms with Gasteiger partial charge in [0.05, 0.1) is 5.56 Å². The molecule has 0 aliphatic heterocycles. The molecular formula is C20H25FN2O. The summed E-state index contributed by atoms with van der Waals surface area (Å²) in [6, 6.07) is 6.86. The van der Waals surface area contributed by atoms with Gasteiger partial charge in [0.2, 0.25) is 0 Å². The zero-order chi connectivity index (χ0) is 17.3. The third-order valence-corrected chi connectivity index (χ3v) is 4.86. The topological polar surface area (TPSA) is 48.0 Å². The van der Waals surface area contributed by atoms with Gasteiger partial charge in [0.15, 0.2) is 0 Å². The maximum absolute atomic E-state index is 13.3. The Morgan fingerprint density at radius 1 is 1.25 bits per heavy atom. The Labute approximate surface area is 142 Å². The van der Waals surface area contributed by atoms with Gasteiger partial charge in [-0.1, -0.05) is 31.9 Å². The number of carbonyl (C=O) groups excluding carboxylic acids is 1. The van der Waals surface area contributed by atoms with E-state index in [0.29, 0.717) is 11.6 Å². The Hall–Kier alpha value is -2.10. The fourth-order valence-corrected chi connectivity index (χ4v) is 3.61. The average Bonchev–Trinajstić information content (AvgIpc) is 3.33. The van der Waals surface area contributed by atoms with Gasteiger partial charge >= 0.3 is 0 Å². The van der Waals surface area contributed by atoms with Gasteiger partial charge in [-0.05, 0) is 50.3 Å². The summed E-state index contributed by atoms with van der Waals surface area (Å²) in [7, 11) is 0. The maximum atomic E-state index is 13.3. The van der Waals surface area contributed by atoms with Gasteiger partial charge in [0, 0.05) is 23.0 Å². The molecule has 4 heteroatoms. The molecular weight excluding hydrogens is 303 g/mol. The number of rotatable bonds is 7. The number of hydrogen-bond donors (Lipinski definition) is 1. The first-order chi connectivity index (χ1) is 11.5. The first-order valence-corrected chi connectivity index (χ1v) is 8.84. The largest absolute Gasteiger partial charge is 0.366 e. The molecule has 1 aromatic heterocycles. The highest BCUT2D eigenvalue weighted by molar-refractivity contribution is 6.02. The zero-order valence-corrected chi connectivity index (χ0v) is 14.4. The Bertz CT molecular complexity index is 742. The van der Waals surface area contributed by atoms with E-state index in [1.807, 2.05) is 6.92 Å². The fourth-order valence-electron chi connectivity index (χ4n) is 3.61. The van der Waals surface area contributed by atoms with Crippen LogP contribution >= 0.6 is 0 Å². The number of unbranched alkanes of at least 4 members (excludes halogenated alkanes) is 2. The lowest BCUT2D eigenvalue weighted by Crippen LogP contribution is -2.13. The molecule has 1 amide bonds. The highest BCUT2D eigenvalue weighted by Gasteiger charge is 2.32. The van der Waals surface area contributed by atoms with E-state index in [-0.39, 0.29) is 5.82 Å². The normalized spacial score (nSPS) is 14.1. The average molecular weight is 328 g/mol. The minimum absolute atomic E-state index is 0.273. The van der Waals surface area contributed by atoms with E-state index in [9.17, 15) is 9.18 Å². The SMILES string of the molecule is CCCCCc1c(-c2ccc(F)cc2)c(C(N)=O)c(C)n1C1CC1. The fraction of sp³-hybridized carbons (Fsp3) is 0.450. The van der Waals surface area contributed by atoms with Gasteiger partial charge in [-0.2, -0.15) is 0 Å². The summed E-state index contributed by atoms with van der Waals surface area (Å²) in [6.07, 6.45) is 6.61. The van der Waals surface area contributed by atoms with Gasteiger partial charge in [-0.3, -0.25) is 4.79 Å². The van der Waals surface area contributed by atoms with Crippen molar-refractivity contribution in [3.8, 4) is 11.1 Å². The van der Waals surface area contributed by atoms with Crippen molar-refractivity contribution >= 4 is 5.91 Å². The molecule has 128 valence electrons. The van der Waals surface area contributed by atoms with Crippen LogP contribution in [0.5, 0.6) is 0 Å². The van der Waals surface area contributed by atoms with Gasteiger partial charge in [0.1, 0.15) is 5.82 Å². The number of nitrogens with zero attached hydrogens (tertiary/aromatic N) is 1. The van der Waals surface area contributed by atoms with E-state index in [1.165, 1.54) is 17.8 Å². The van der Waals surface area contributed by atoms with Crippen molar-refractivity contribution < 1.29 is 9.18 Å². The molecule has 2 aromatic rings. The van der Waals surface area contributed by atoms with Crippen molar-refractivity contribution in [1.29, 1.82) is 0 Å². The van der Waals surface area contributed by atoms with E-state index in [2.05, 4.69) is 11.5 Å². The summed E-state index contributed by atoms with van der Waals surface area (Å²) < 4.78 is 15.7. The van der Waals surface area contributed by atoms with Crippen molar-refractivity contribution in [2.45, 2.75) is 58.4 Å². The Kier molecular flexibility index (Phi) is 4.74. The van der Waals surface area contributed by atoms with E-state index in [0.717, 1.165) is 55.3 Å². The number of amides is 1. The predicted octanol–water partition coefficient (Wildman–Crippen LogP) is 4.77. The first-order valence-electron chi connectivity index (χ1n) is 8.84. The minimum atomic E-state index is -0.400. The lowest BCUT2D eigenvalue weighted by atomic mass is 9.97. The summed E-state index contributed by atoms with van der Waals surface area (Å²) >= 11 is 0. The molecule has 2 N–H and O–H groups in total. The molecule has 3 rings (SSSR count). The quantitative estimate of drug-likeness (QED) is 0.731. The third-order valence-electron chi connectivity index (χ3n) is 4.86. The second-order valence-corrected chi connectivity index (χ2v) is 6.71. The highest BCUT2D eigenvalue weighted by Crippen LogP contribution is 2.43. The van der Waals surface area contributed by atoms with Crippen molar-refractivity contribution in [3.63, 3.8) is 0 Å². The van der Waals surface area contributed by atoms with Crippen LogP contribution in [0.1, 0.15) is 66.8 Å². The smallest absolute Gasteiger partial charge is 0.251 e. The standard InChI is InChI=1S/C20H25FN2O/c1-3-4-5-6-17-19(14-7-9-15(21)10-8-14)18(20(22)24)13(2)23(17)16-11-12-16/h7-10,16H,3-6,11-12H2,1-2H3,(H2,22,24). The molecule has 1 fully saturated rings. The van der Waals surface area contributed by atoms with E-state index in [4.69, 9.17) is 5.73 Å². The summed E-state index contributed by atoms with van der Waals surface area (Å²) in [4.78, 5) is 12.2. The molecule has 0 spiro atoms. The van der Waals surface area contributed by atoms with Crippen LogP contribution in [0.2, 0.25) is 0 Å². The van der Waals surface area contributed by atoms with Crippen LogP contribution in [0, 0.1) is 12.7 Å². The minimum Gasteiger partial charge on any atom is -0.366 e. The predicted molar refractivity (Wildman–Crippen MR) is 94.6 cm³/mol. The summed E-state index contributed by atoms with van der Waals surface area (Å²) in [5, 5.41) is 0. The summed E-state index contributed by atoms with van der Waals surface area (Å²) in [5.41, 5.74) is 10.2. The Morgan fingerprint density at radius 3 is 2.46 bits per heavy atom. The molecule has 1 aliphatic rings. The first kappa shape index (κ1) is 16.7. The number of halogens is 1. The van der Waals surface area contributed by atoms with E-state index < -0.39 is 5.91 Å². The van der Waals surface area contributed by atoms with Gasteiger partial charge in [0.25, 0.3) is 5.91 Å². The molecule has 0 unspecified atom stereocenters. The highest BCUT2D eigenvalue weighted by atomic mass is 19.1. The molecule has 0 bridgehead atoms. The molecule has 3 nitrogen and oxygen atoms in total. The number of carbonyl (C=O) groups is 1. The zero-order valence-electron chi connectivity index (χ0n) is 14.4. The van der Waals surface area contributed by atoms with Gasteiger partial charge in [-0.25, -0.2) is 4.39 Å². The van der Waals surface area contributed by atoms with E-state index >= 15 is 0 Å². The number of benzene rings is 1. The summed E-state index contributed by atoms with van der Waals surface area (Å²) in [6.45, 7) is 4.16. The van der Waals surface area contributed by atoms with Crippen molar-refractivity contribution in [2.75, 3.05) is 0 Å². The van der Waals surface area contributed by atoms with Gasteiger partial charge in [-0.15, -0.1) is 0 Å². The molecule has 0 radical (unpaired) electrons. The second kappa shape index (κ2) is 6.80. The number of primary amides is 1.